The lowest BCUT2D eigenvalue weighted by Crippen LogP contribution is -2.13. The van der Waals surface area contributed by atoms with Gasteiger partial charge in [-0.25, -0.2) is 9.97 Å². The van der Waals surface area contributed by atoms with E-state index in [4.69, 9.17) is 5.73 Å². The number of nitrogens with zero attached hydrogens (tertiary/aromatic N) is 3. The first-order chi connectivity index (χ1) is 9.38. The number of aromatic nitrogens is 2. The third-order valence-corrected chi connectivity index (χ3v) is 2.70. The number of nitro groups is 1. The number of nitro benzene ring substituents is 1. The summed E-state index contributed by atoms with van der Waals surface area (Å²) >= 11 is 0. The van der Waals surface area contributed by atoms with Gasteiger partial charge in [-0.15, -0.1) is 0 Å². The Bertz CT molecular complexity index is 693. The molecule has 1 aromatic heterocycles. The monoisotopic (exact) mass is 272 g/mol. The molecule has 0 aliphatic carbocycles. The zero-order valence-corrected chi connectivity index (χ0v) is 11.0. The van der Waals surface area contributed by atoms with E-state index < -0.39 is 10.8 Å². The van der Waals surface area contributed by atoms with Gasteiger partial charge in [0, 0.05) is 29.1 Å². The van der Waals surface area contributed by atoms with E-state index in [-0.39, 0.29) is 22.6 Å². The first-order valence-electron chi connectivity index (χ1n) is 5.79. The minimum atomic E-state index is -0.683. The van der Waals surface area contributed by atoms with Gasteiger partial charge >= 0.3 is 0 Å². The van der Waals surface area contributed by atoms with Gasteiger partial charge in [0.1, 0.15) is 0 Å². The van der Waals surface area contributed by atoms with Crippen LogP contribution < -0.4 is 5.73 Å². The van der Waals surface area contributed by atoms with E-state index in [9.17, 15) is 14.9 Å². The summed E-state index contributed by atoms with van der Waals surface area (Å²) in [6, 6.07) is 5.57. The molecule has 7 heteroatoms. The van der Waals surface area contributed by atoms with Crippen LogP contribution in [0, 0.1) is 24.0 Å². The summed E-state index contributed by atoms with van der Waals surface area (Å²) in [5.41, 5.74) is 6.97. The van der Waals surface area contributed by atoms with Crippen molar-refractivity contribution in [3.8, 4) is 11.4 Å². The average molecular weight is 272 g/mol. The molecule has 0 aliphatic rings. The summed E-state index contributed by atoms with van der Waals surface area (Å²) in [6.07, 6.45) is 0. The van der Waals surface area contributed by atoms with Crippen LogP contribution in [0.3, 0.4) is 0 Å². The number of rotatable bonds is 3. The third kappa shape index (κ3) is 2.61. The van der Waals surface area contributed by atoms with Gasteiger partial charge in [-0.05, 0) is 26.0 Å². The molecular formula is C13H12N4O3. The Morgan fingerprint density at radius 1 is 1.20 bits per heavy atom. The second kappa shape index (κ2) is 5.04. The zero-order chi connectivity index (χ0) is 14.9. The number of non-ortho nitro benzene ring substituents is 1. The molecule has 0 spiro atoms. The van der Waals surface area contributed by atoms with Gasteiger partial charge in [0.05, 0.1) is 10.5 Å². The van der Waals surface area contributed by atoms with Gasteiger partial charge in [-0.2, -0.15) is 0 Å². The summed E-state index contributed by atoms with van der Waals surface area (Å²) in [6.45, 7) is 3.55. The summed E-state index contributed by atoms with van der Waals surface area (Å²) in [5, 5.41) is 10.8. The van der Waals surface area contributed by atoms with Gasteiger partial charge < -0.3 is 5.73 Å². The Morgan fingerprint density at radius 2 is 1.80 bits per heavy atom. The molecule has 20 heavy (non-hydrogen) atoms. The third-order valence-electron chi connectivity index (χ3n) is 2.70. The predicted molar refractivity (Wildman–Crippen MR) is 72.1 cm³/mol. The van der Waals surface area contributed by atoms with Gasteiger partial charge in [0.15, 0.2) is 5.82 Å². The molecule has 0 radical (unpaired) electrons. The van der Waals surface area contributed by atoms with Crippen molar-refractivity contribution in [3.63, 3.8) is 0 Å². The van der Waals surface area contributed by atoms with Crippen molar-refractivity contribution >= 4 is 11.6 Å². The smallest absolute Gasteiger partial charge is 0.270 e. The molecule has 0 unspecified atom stereocenters. The van der Waals surface area contributed by atoms with Gasteiger partial charge in [-0.1, -0.05) is 0 Å². The van der Waals surface area contributed by atoms with Gasteiger partial charge in [-0.3, -0.25) is 14.9 Å². The molecule has 0 bridgehead atoms. The van der Waals surface area contributed by atoms with Crippen LogP contribution in [0.5, 0.6) is 0 Å². The number of primary amides is 1. The van der Waals surface area contributed by atoms with Crippen LogP contribution in [0.4, 0.5) is 5.69 Å². The lowest BCUT2D eigenvalue weighted by molar-refractivity contribution is -0.384. The molecule has 2 N–H and O–H groups in total. The molecule has 2 aromatic rings. The lowest BCUT2D eigenvalue weighted by Gasteiger charge is -2.07. The van der Waals surface area contributed by atoms with Crippen LogP contribution in [-0.2, 0) is 0 Å². The highest BCUT2D eigenvalue weighted by molar-refractivity contribution is 5.99. The Labute approximate surface area is 114 Å². The van der Waals surface area contributed by atoms with Gasteiger partial charge in [0.25, 0.3) is 5.69 Å². The quantitative estimate of drug-likeness (QED) is 0.675. The van der Waals surface area contributed by atoms with E-state index >= 15 is 0 Å². The molecule has 1 aromatic carbocycles. The molecule has 0 saturated carbocycles. The van der Waals surface area contributed by atoms with Crippen LogP contribution in [0.15, 0.2) is 24.3 Å². The van der Waals surface area contributed by atoms with Crippen molar-refractivity contribution in [2.75, 3.05) is 0 Å². The van der Waals surface area contributed by atoms with Crippen LogP contribution >= 0.6 is 0 Å². The largest absolute Gasteiger partial charge is 0.366 e. The number of nitrogens with two attached hydrogens (primary N) is 1. The molecule has 2 rings (SSSR count). The Morgan fingerprint density at radius 3 is 2.30 bits per heavy atom. The van der Waals surface area contributed by atoms with Crippen molar-refractivity contribution in [3.05, 3.63) is 51.3 Å². The standard InChI is InChI=1S/C13H12N4O3/c1-7-5-8(2)16-13(15-7)11-6-9(17(19)20)3-4-10(11)12(14)18/h3-6H,1-2H3,(H2,14,18). The number of benzene rings is 1. The van der Waals surface area contributed by atoms with Crippen LogP contribution in [0.25, 0.3) is 11.4 Å². The first kappa shape index (κ1) is 13.6. The van der Waals surface area contributed by atoms with E-state index in [0.29, 0.717) is 11.4 Å². The number of carbonyl (C=O) groups is 1. The fraction of sp³-hybridized carbons (Fsp3) is 0.154. The minimum absolute atomic E-state index is 0.146. The molecular weight excluding hydrogens is 260 g/mol. The van der Waals surface area contributed by atoms with E-state index in [1.54, 1.807) is 19.9 Å². The number of hydrogen-bond acceptors (Lipinski definition) is 5. The second-order valence-corrected chi connectivity index (χ2v) is 4.33. The van der Waals surface area contributed by atoms with Crippen molar-refractivity contribution in [2.24, 2.45) is 5.73 Å². The average Bonchev–Trinajstić information content (AvgIpc) is 2.36. The van der Waals surface area contributed by atoms with Crippen molar-refractivity contribution in [2.45, 2.75) is 13.8 Å². The van der Waals surface area contributed by atoms with Crippen LogP contribution in [0.2, 0.25) is 0 Å². The second-order valence-electron chi connectivity index (χ2n) is 4.33. The Kier molecular flexibility index (Phi) is 3.43. The first-order valence-corrected chi connectivity index (χ1v) is 5.79. The maximum atomic E-state index is 11.4. The van der Waals surface area contributed by atoms with E-state index in [1.165, 1.54) is 18.2 Å². The highest BCUT2D eigenvalue weighted by Gasteiger charge is 2.17. The van der Waals surface area contributed by atoms with Crippen LogP contribution in [-0.4, -0.2) is 20.8 Å². The zero-order valence-electron chi connectivity index (χ0n) is 11.0. The number of hydrogen-bond donors (Lipinski definition) is 1. The fourth-order valence-corrected chi connectivity index (χ4v) is 1.89. The minimum Gasteiger partial charge on any atom is -0.366 e. The Balaban J connectivity index is 2.71. The SMILES string of the molecule is Cc1cc(C)nc(-c2cc([N+](=O)[O-])ccc2C(N)=O)n1. The summed E-state index contributed by atoms with van der Waals surface area (Å²) < 4.78 is 0. The molecule has 0 atom stereocenters. The molecule has 7 nitrogen and oxygen atoms in total. The normalized spacial score (nSPS) is 10.3. The molecule has 1 amide bonds. The van der Waals surface area contributed by atoms with E-state index in [0.717, 1.165) is 0 Å². The number of amides is 1. The molecule has 0 saturated heterocycles. The Hall–Kier alpha value is -2.83. The number of aryl methyl sites for hydroxylation is 2. The van der Waals surface area contributed by atoms with E-state index in [1.807, 2.05) is 0 Å². The van der Waals surface area contributed by atoms with Gasteiger partial charge in [0.2, 0.25) is 5.91 Å². The van der Waals surface area contributed by atoms with Crippen molar-refractivity contribution < 1.29 is 9.72 Å². The lowest BCUT2D eigenvalue weighted by atomic mass is 10.0. The number of carbonyl (C=O) groups excluding carboxylic acids is 1. The maximum Gasteiger partial charge on any atom is 0.270 e. The van der Waals surface area contributed by atoms with Crippen molar-refractivity contribution in [1.29, 1.82) is 0 Å². The predicted octanol–water partition coefficient (Wildman–Crippen LogP) is 1.77. The molecule has 1 heterocycles. The summed E-state index contributed by atoms with van der Waals surface area (Å²) in [4.78, 5) is 30.2. The topological polar surface area (TPSA) is 112 Å². The van der Waals surface area contributed by atoms with Crippen molar-refractivity contribution in [1.82, 2.24) is 9.97 Å². The maximum absolute atomic E-state index is 11.4. The molecule has 102 valence electrons. The summed E-state index contributed by atoms with van der Waals surface area (Å²) in [5.74, 6) is -0.433. The molecule has 0 aliphatic heterocycles. The summed E-state index contributed by atoms with van der Waals surface area (Å²) in [7, 11) is 0. The highest BCUT2D eigenvalue weighted by atomic mass is 16.6. The van der Waals surface area contributed by atoms with Crippen LogP contribution in [0.1, 0.15) is 21.7 Å². The molecule has 0 fully saturated rings. The fourth-order valence-electron chi connectivity index (χ4n) is 1.89. The highest BCUT2D eigenvalue weighted by Crippen LogP contribution is 2.25. The van der Waals surface area contributed by atoms with E-state index in [2.05, 4.69) is 9.97 Å².